The molecule has 1 N–H and O–H groups in total. The monoisotopic (exact) mass is 351 g/mol. The van der Waals surface area contributed by atoms with Gasteiger partial charge < -0.3 is 10.1 Å². The van der Waals surface area contributed by atoms with Crippen molar-refractivity contribution in [3.8, 4) is 5.75 Å². The molecule has 0 radical (unpaired) electrons. The Hall–Kier alpha value is -2.46. The average molecular weight is 351 g/mol. The van der Waals surface area contributed by atoms with Crippen LogP contribution in [0.2, 0.25) is 0 Å². The Labute approximate surface area is 152 Å². The van der Waals surface area contributed by atoms with E-state index in [-0.39, 0.29) is 5.91 Å². The van der Waals surface area contributed by atoms with Gasteiger partial charge in [0.05, 0.1) is 12.7 Å². The number of nitrogens with one attached hydrogen (secondary N) is 1. The number of methoxy groups -OCH3 is 1. The molecule has 0 bridgehead atoms. The maximum absolute atomic E-state index is 12.5. The standard InChI is InChI=1S/C21H21NO2S/c1-24-20-14-18-10-6-5-9-17(18)13-19(20)21(23)22-11-12-25-15-16-7-3-2-4-8-16/h2-10,13-14H,11-12,15H2,1H3,(H,22,23). The van der Waals surface area contributed by atoms with Crippen LogP contribution in [0.15, 0.2) is 66.7 Å². The molecule has 3 rings (SSSR count). The van der Waals surface area contributed by atoms with E-state index in [4.69, 9.17) is 4.74 Å². The van der Waals surface area contributed by atoms with Gasteiger partial charge in [-0.15, -0.1) is 0 Å². The highest BCUT2D eigenvalue weighted by atomic mass is 32.2. The van der Waals surface area contributed by atoms with Gasteiger partial charge in [0.15, 0.2) is 0 Å². The first-order chi connectivity index (χ1) is 12.3. The number of ether oxygens (including phenoxy) is 1. The number of hydrogen-bond acceptors (Lipinski definition) is 3. The molecule has 0 atom stereocenters. The second kappa shape index (κ2) is 8.58. The Kier molecular flexibility index (Phi) is 5.96. The van der Waals surface area contributed by atoms with Crippen molar-refractivity contribution in [2.75, 3.05) is 19.4 Å². The third kappa shape index (κ3) is 4.54. The molecule has 3 nitrogen and oxygen atoms in total. The van der Waals surface area contributed by atoms with Gasteiger partial charge >= 0.3 is 0 Å². The van der Waals surface area contributed by atoms with Crippen LogP contribution in [-0.4, -0.2) is 25.3 Å². The predicted molar refractivity (Wildman–Crippen MR) is 105 cm³/mol. The third-order valence-electron chi connectivity index (χ3n) is 3.96. The first-order valence-corrected chi connectivity index (χ1v) is 9.40. The average Bonchev–Trinajstić information content (AvgIpc) is 2.67. The zero-order chi connectivity index (χ0) is 17.5. The number of amides is 1. The van der Waals surface area contributed by atoms with Crippen LogP contribution in [0.25, 0.3) is 10.8 Å². The third-order valence-corrected chi connectivity index (χ3v) is 4.99. The molecule has 1 amide bonds. The molecular formula is C21H21NO2S. The van der Waals surface area contributed by atoms with Crippen LogP contribution in [0.4, 0.5) is 0 Å². The lowest BCUT2D eigenvalue weighted by Crippen LogP contribution is -2.26. The summed E-state index contributed by atoms with van der Waals surface area (Å²) < 4.78 is 5.39. The summed E-state index contributed by atoms with van der Waals surface area (Å²) in [6, 6.07) is 22.1. The van der Waals surface area contributed by atoms with Crippen molar-refractivity contribution in [2.45, 2.75) is 5.75 Å². The summed E-state index contributed by atoms with van der Waals surface area (Å²) in [6.45, 7) is 0.631. The smallest absolute Gasteiger partial charge is 0.255 e. The van der Waals surface area contributed by atoms with Gasteiger partial charge in [0.2, 0.25) is 0 Å². The zero-order valence-corrected chi connectivity index (χ0v) is 15.0. The van der Waals surface area contributed by atoms with Crippen molar-refractivity contribution in [2.24, 2.45) is 0 Å². The van der Waals surface area contributed by atoms with Crippen molar-refractivity contribution >= 4 is 28.4 Å². The fourth-order valence-electron chi connectivity index (χ4n) is 2.66. The topological polar surface area (TPSA) is 38.3 Å². The molecule has 4 heteroatoms. The van der Waals surface area contributed by atoms with Crippen molar-refractivity contribution < 1.29 is 9.53 Å². The van der Waals surface area contributed by atoms with Crippen LogP contribution < -0.4 is 10.1 Å². The number of carbonyl (C=O) groups excluding carboxylic acids is 1. The minimum atomic E-state index is -0.0945. The number of hydrogen-bond donors (Lipinski definition) is 1. The Bertz CT molecular complexity index is 849. The van der Waals surface area contributed by atoms with E-state index in [1.165, 1.54) is 5.56 Å². The molecule has 0 aliphatic heterocycles. The number of carbonyl (C=O) groups is 1. The summed E-state index contributed by atoms with van der Waals surface area (Å²) in [5.41, 5.74) is 1.88. The van der Waals surface area contributed by atoms with E-state index in [0.29, 0.717) is 17.9 Å². The molecule has 3 aromatic carbocycles. The lowest BCUT2D eigenvalue weighted by Gasteiger charge is -2.11. The van der Waals surface area contributed by atoms with Gasteiger partial charge in [0.1, 0.15) is 5.75 Å². The van der Waals surface area contributed by atoms with E-state index in [9.17, 15) is 4.79 Å². The van der Waals surface area contributed by atoms with Gasteiger partial charge in [-0.25, -0.2) is 0 Å². The van der Waals surface area contributed by atoms with E-state index in [0.717, 1.165) is 22.3 Å². The van der Waals surface area contributed by atoms with Crippen LogP contribution in [0.5, 0.6) is 5.75 Å². The first-order valence-electron chi connectivity index (χ1n) is 8.24. The molecule has 0 aliphatic carbocycles. The van der Waals surface area contributed by atoms with E-state index in [1.807, 2.05) is 66.4 Å². The largest absolute Gasteiger partial charge is 0.496 e. The van der Waals surface area contributed by atoms with Gasteiger partial charge in [-0.05, 0) is 28.5 Å². The van der Waals surface area contributed by atoms with Crippen molar-refractivity contribution in [1.29, 1.82) is 0 Å². The SMILES string of the molecule is COc1cc2ccccc2cc1C(=O)NCCSCc1ccccc1. The highest BCUT2D eigenvalue weighted by Gasteiger charge is 2.13. The van der Waals surface area contributed by atoms with Crippen molar-refractivity contribution in [3.63, 3.8) is 0 Å². The molecule has 3 aromatic rings. The van der Waals surface area contributed by atoms with Crippen LogP contribution in [0.3, 0.4) is 0 Å². The Balaban J connectivity index is 1.56. The molecule has 0 unspecified atom stereocenters. The van der Waals surface area contributed by atoms with Gasteiger partial charge in [-0.1, -0.05) is 54.6 Å². The zero-order valence-electron chi connectivity index (χ0n) is 14.2. The molecule has 0 fully saturated rings. The van der Waals surface area contributed by atoms with Crippen LogP contribution >= 0.6 is 11.8 Å². The fourth-order valence-corrected chi connectivity index (χ4v) is 3.48. The molecule has 0 aliphatic rings. The molecule has 0 spiro atoms. The second-order valence-corrected chi connectivity index (χ2v) is 6.80. The van der Waals surface area contributed by atoms with Crippen LogP contribution in [-0.2, 0) is 5.75 Å². The maximum Gasteiger partial charge on any atom is 0.255 e. The summed E-state index contributed by atoms with van der Waals surface area (Å²) in [6.07, 6.45) is 0. The van der Waals surface area contributed by atoms with Gasteiger partial charge in [-0.2, -0.15) is 11.8 Å². The van der Waals surface area contributed by atoms with Crippen LogP contribution in [0, 0.1) is 0 Å². The van der Waals surface area contributed by atoms with Gasteiger partial charge in [0, 0.05) is 18.1 Å². The summed E-state index contributed by atoms with van der Waals surface area (Å²) in [4.78, 5) is 12.5. The molecule has 128 valence electrons. The number of rotatable bonds is 7. The summed E-state index contributed by atoms with van der Waals surface area (Å²) >= 11 is 1.81. The van der Waals surface area contributed by atoms with E-state index >= 15 is 0 Å². The molecule has 25 heavy (non-hydrogen) atoms. The minimum Gasteiger partial charge on any atom is -0.496 e. The Morgan fingerprint density at radius 2 is 1.68 bits per heavy atom. The highest BCUT2D eigenvalue weighted by molar-refractivity contribution is 7.98. The molecule has 0 saturated carbocycles. The predicted octanol–water partition coefficient (Wildman–Crippen LogP) is 4.51. The Morgan fingerprint density at radius 1 is 1.00 bits per heavy atom. The lowest BCUT2D eigenvalue weighted by atomic mass is 10.1. The number of benzene rings is 3. The second-order valence-electron chi connectivity index (χ2n) is 5.69. The minimum absolute atomic E-state index is 0.0945. The van der Waals surface area contributed by atoms with Crippen molar-refractivity contribution in [3.05, 3.63) is 77.9 Å². The molecule has 0 aromatic heterocycles. The number of thioether (sulfide) groups is 1. The first kappa shape index (κ1) is 17.4. The fraction of sp³-hybridized carbons (Fsp3) is 0.190. The van der Waals surface area contributed by atoms with E-state index < -0.39 is 0 Å². The lowest BCUT2D eigenvalue weighted by molar-refractivity contribution is 0.0953. The van der Waals surface area contributed by atoms with Gasteiger partial charge in [0.25, 0.3) is 5.91 Å². The Morgan fingerprint density at radius 3 is 2.40 bits per heavy atom. The quantitative estimate of drug-likeness (QED) is 0.637. The summed E-state index contributed by atoms with van der Waals surface area (Å²) in [7, 11) is 1.59. The maximum atomic E-state index is 12.5. The summed E-state index contributed by atoms with van der Waals surface area (Å²) in [5.74, 6) is 2.34. The van der Waals surface area contributed by atoms with Crippen LogP contribution in [0.1, 0.15) is 15.9 Å². The summed E-state index contributed by atoms with van der Waals surface area (Å²) in [5, 5.41) is 5.08. The van der Waals surface area contributed by atoms with E-state index in [1.54, 1.807) is 7.11 Å². The van der Waals surface area contributed by atoms with E-state index in [2.05, 4.69) is 17.4 Å². The normalized spacial score (nSPS) is 10.6. The molecular weight excluding hydrogens is 330 g/mol. The van der Waals surface area contributed by atoms with Gasteiger partial charge in [-0.3, -0.25) is 4.79 Å². The molecule has 0 heterocycles. The molecule has 0 saturated heterocycles. The van der Waals surface area contributed by atoms with Crippen molar-refractivity contribution in [1.82, 2.24) is 5.32 Å². The highest BCUT2D eigenvalue weighted by Crippen LogP contribution is 2.25. The number of fused-ring (bicyclic) bond motifs is 1.